The topological polar surface area (TPSA) is 58.4 Å². The summed E-state index contributed by atoms with van der Waals surface area (Å²) in [4.78, 5) is 12.1. The summed E-state index contributed by atoms with van der Waals surface area (Å²) in [6.45, 7) is 3.95. The van der Waals surface area contributed by atoms with Gasteiger partial charge in [0.05, 0.1) is 5.54 Å². The van der Waals surface area contributed by atoms with Gasteiger partial charge in [-0.15, -0.1) is 0 Å². The number of allylic oxidation sites excluding steroid dienone is 1. The van der Waals surface area contributed by atoms with Gasteiger partial charge in [-0.3, -0.25) is 4.79 Å². The summed E-state index contributed by atoms with van der Waals surface area (Å²) in [5, 5.41) is 4.47. The Kier molecular flexibility index (Phi) is 3.78. The van der Waals surface area contributed by atoms with Crippen LogP contribution in [0.15, 0.2) is 52.8 Å². The van der Waals surface area contributed by atoms with Crippen LogP contribution in [0.3, 0.4) is 0 Å². The summed E-state index contributed by atoms with van der Waals surface area (Å²) in [7, 11) is 0. The first-order chi connectivity index (χ1) is 8.88. The second-order valence-electron chi connectivity index (χ2n) is 4.94. The zero-order chi connectivity index (χ0) is 14.0. The van der Waals surface area contributed by atoms with Gasteiger partial charge in [0.25, 0.3) is 5.91 Å². The average molecular weight is 322 g/mol. The molecule has 1 heterocycles. The van der Waals surface area contributed by atoms with E-state index in [1.54, 1.807) is 29.4 Å². The van der Waals surface area contributed by atoms with Crippen LogP contribution in [0, 0.1) is 0 Å². The van der Waals surface area contributed by atoms with Gasteiger partial charge in [-0.1, -0.05) is 22.0 Å². The Morgan fingerprint density at radius 1 is 1.42 bits per heavy atom. The number of nitrogens with zero attached hydrogens (tertiary/aromatic N) is 1. The SMILES string of the molecule is CC1(C)C=C(NC(=O)c2cccc(Br)c2)C=CN1N. The average Bonchev–Trinajstić information content (AvgIpc) is 2.33. The van der Waals surface area contributed by atoms with E-state index in [1.165, 1.54) is 0 Å². The van der Waals surface area contributed by atoms with Crippen LogP contribution in [0.5, 0.6) is 0 Å². The summed E-state index contributed by atoms with van der Waals surface area (Å²) in [5.41, 5.74) is 1.03. The van der Waals surface area contributed by atoms with Gasteiger partial charge in [0, 0.05) is 21.9 Å². The molecule has 0 spiro atoms. The van der Waals surface area contributed by atoms with E-state index < -0.39 is 0 Å². The minimum atomic E-state index is -0.325. The Bertz CT molecular complexity index is 564. The molecule has 5 heteroatoms. The monoisotopic (exact) mass is 321 g/mol. The maximum atomic E-state index is 12.1. The number of hydrogen-bond donors (Lipinski definition) is 2. The van der Waals surface area contributed by atoms with Crippen LogP contribution >= 0.6 is 15.9 Å². The van der Waals surface area contributed by atoms with E-state index in [4.69, 9.17) is 5.84 Å². The van der Waals surface area contributed by atoms with Crippen LogP contribution in [0.25, 0.3) is 0 Å². The van der Waals surface area contributed by atoms with Crippen LogP contribution in [-0.4, -0.2) is 16.5 Å². The van der Waals surface area contributed by atoms with E-state index in [-0.39, 0.29) is 11.4 Å². The summed E-state index contributed by atoms with van der Waals surface area (Å²) in [5.74, 6) is 5.68. The van der Waals surface area contributed by atoms with Gasteiger partial charge in [0.2, 0.25) is 0 Å². The summed E-state index contributed by atoms with van der Waals surface area (Å²) < 4.78 is 0.877. The molecular weight excluding hydrogens is 306 g/mol. The molecule has 4 nitrogen and oxygen atoms in total. The van der Waals surface area contributed by atoms with E-state index in [0.29, 0.717) is 5.56 Å². The highest BCUT2D eigenvalue weighted by atomic mass is 79.9. The van der Waals surface area contributed by atoms with Gasteiger partial charge >= 0.3 is 0 Å². The van der Waals surface area contributed by atoms with E-state index in [0.717, 1.165) is 10.2 Å². The Morgan fingerprint density at radius 3 is 2.79 bits per heavy atom. The molecule has 1 aliphatic heterocycles. The number of halogens is 1. The largest absolute Gasteiger partial charge is 0.322 e. The van der Waals surface area contributed by atoms with Crippen LogP contribution in [0.4, 0.5) is 0 Å². The van der Waals surface area contributed by atoms with Crippen LogP contribution < -0.4 is 11.2 Å². The fourth-order valence-corrected chi connectivity index (χ4v) is 2.17. The molecule has 1 aromatic rings. The molecule has 1 aliphatic rings. The van der Waals surface area contributed by atoms with Gasteiger partial charge in [-0.25, -0.2) is 5.84 Å². The van der Waals surface area contributed by atoms with Crippen molar-refractivity contribution >= 4 is 21.8 Å². The number of nitrogens with one attached hydrogen (secondary N) is 1. The van der Waals surface area contributed by atoms with Gasteiger partial charge < -0.3 is 10.3 Å². The minimum absolute atomic E-state index is 0.140. The molecule has 0 radical (unpaired) electrons. The summed E-state index contributed by atoms with van der Waals surface area (Å²) in [6, 6.07) is 7.26. The highest BCUT2D eigenvalue weighted by Gasteiger charge is 2.23. The lowest BCUT2D eigenvalue weighted by Crippen LogP contribution is -2.46. The third kappa shape index (κ3) is 3.24. The second-order valence-corrected chi connectivity index (χ2v) is 5.86. The van der Waals surface area contributed by atoms with E-state index in [9.17, 15) is 4.79 Å². The smallest absolute Gasteiger partial charge is 0.255 e. The zero-order valence-corrected chi connectivity index (χ0v) is 12.4. The van der Waals surface area contributed by atoms with Crippen molar-refractivity contribution < 1.29 is 4.79 Å². The number of carbonyl (C=O) groups excluding carboxylic acids is 1. The summed E-state index contributed by atoms with van der Waals surface area (Å²) in [6.07, 6.45) is 5.44. The molecule has 0 bridgehead atoms. The fourth-order valence-electron chi connectivity index (χ4n) is 1.77. The third-order valence-corrected chi connectivity index (χ3v) is 3.43. The van der Waals surface area contributed by atoms with Crippen molar-refractivity contribution in [3.05, 3.63) is 58.4 Å². The molecule has 0 saturated heterocycles. The van der Waals surface area contributed by atoms with Gasteiger partial charge in [-0.05, 0) is 44.2 Å². The molecule has 3 N–H and O–H groups in total. The lowest BCUT2D eigenvalue weighted by atomic mass is 10.0. The number of rotatable bonds is 2. The molecule has 0 aliphatic carbocycles. The van der Waals surface area contributed by atoms with Crippen molar-refractivity contribution in [1.29, 1.82) is 0 Å². The predicted molar refractivity (Wildman–Crippen MR) is 78.9 cm³/mol. The molecule has 100 valence electrons. The first-order valence-corrected chi connectivity index (χ1v) is 6.70. The molecule has 0 atom stereocenters. The summed E-state index contributed by atoms with van der Waals surface area (Å²) >= 11 is 3.35. The maximum absolute atomic E-state index is 12.1. The van der Waals surface area contributed by atoms with Crippen molar-refractivity contribution in [2.45, 2.75) is 19.4 Å². The second kappa shape index (κ2) is 5.19. The lowest BCUT2D eigenvalue weighted by Gasteiger charge is -2.34. The standard InChI is InChI=1S/C14H16BrN3O/c1-14(2)9-12(6-7-18(14)16)17-13(19)10-4-3-5-11(15)8-10/h3-9H,16H2,1-2H3,(H,17,19). The van der Waals surface area contributed by atoms with Crippen molar-refractivity contribution in [1.82, 2.24) is 10.3 Å². The van der Waals surface area contributed by atoms with Crippen molar-refractivity contribution in [2.75, 3.05) is 0 Å². The molecule has 1 amide bonds. The number of hydrazine groups is 1. The van der Waals surface area contributed by atoms with E-state index in [1.807, 2.05) is 32.1 Å². The Labute approximate surface area is 121 Å². The maximum Gasteiger partial charge on any atom is 0.255 e. The molecule has 1 aromatic carbocycles. The normalized spacial score (nSPS) is 17.1. The number of benzene rings is 1. The molecule has 0 aromatic heterocycles. The molecule has 19 heavy (non-hydrogen) atoms. The van der Waals surface area contributed by atoms with Gasteiger partial charge in [0.1, 0.15) is 0 Å². The molecule has 0 fully saturated rings. The Morgan fingerprint density at radius 2 is 2.16 bits per heavy atom. The number of carbonyl (C=O) groups is 1. The fraction of sp³-hybridized carbons (Fsp3) is 0.214. The van der Waals surface area contributed by atoms with Gasteiger partial charge in [-0.2, -0.15) is 0 Å². The van der Waals surface area contributed by atoms with Crippen LogP contribution in [-0.2, 0) is 0 Å². The minimum Gasteiger partial charge on any atom is -0.322 e. The van der Waals surface area contributed by atoms with E-state index >= 15 is 0 Å². The number of amides is 1. The first kappa shape index (κ1) is 13.8. The van der Waals surface area contributed by atoms with Gasteiger partial charge in [0.15, 0.2) is 0 Å². The quantitative estimate of drug-likeness (QED) is 0.823. The Balaban J connectivity index is 2.14. The molecule has 0 saturated carbocycles. The highest BCUT2D eigenvalue weighted by Crippen LogP contribution is 2.20. The molecule has 2 rings (SSSR count). The first-order valence-electron chi connectivity index (χ1n) is 5.90. The third-order valence-electron chi connectivity index (χ3n) is 2.93. The van der Waals surface area contributed by atoms with Crippen molar-refractivity contribution in [3.8, 4) is 0 Å². The van der Waals surface area contributed by atoms with Crippen molar-refractivity contribution in [3.63, 3.8) is 0 Å². The Hall–Kier alpha value is -1.59. The molecular formula is C14H16BrN3O. The van der Waals surface area contributed by atoms with Crippen molar-refractivity contribution in [2.24, 2.45) is 5.84 Å². The highest BCUT2D eigenvalue weighted by molar-refractivity contribution is 9.10. The molecule has 0 unspecified atom stereocenters. The lowest BCUT2D eigenvalue weighted by molar-refractivity contribution is 0.0965. The van der Waals surface area contributed by atoms with Crippen LogP contribution in [0.1, 0.15) is 24.2 Å². The van der Waals surface area contributed by atoms with E-state index in [2.05, 4.69) is 21.2 Å². The number of hydrogen-bond acceptors (Lipinski definition) is 3. The predicted octanol–water partition coefficient (Wildman–Crippen LogP) is 2.54. The zero-order valence-electron chi connectivity index (χ0n) is 10.9. The van der Waals surface area contributed by atoms with Crippen LogP contribution in [0.2, 0.25) is 0 Å². The number of nitrogens with two attached hydrogens (primary N) is 1.